The first-order chi connectivity index (χ1) is 14.6. The van der Waals surface area contributed by atoms with Crippen LogP contribution in [0.15, 0.2) is 23.0 Å². The number of carbonyl (C=O) groups is 1. The zero-order chi connectivity index (χ0) is 22.3. The van der Waals surface area contributed by atoms with Gasteiger partial charge in [-0.05, 0) is 25.8 Å². The summed E-state index contributed by atoms with van der Waals surface area (Å²) in [4.78, 5) is 28.8. The molecule has 3 aromatic heterocycles. The molecule has 1 fully saturated rings. The molecule has 3 aromatic rings. The number of alkyl halides is 3. The number of pyridine rings is 1. The number of carbonyl (C=O) groups excluding carboxylic acids is 1. The van der Waals surface area contributed by atoms with E-state index in [1.807, 2.05) is 0 Å². The van der Waals surface area contributed by atoms with Crippen LogP contribution < -0.4 is 4.90 Å². The summed E-state index contributed by atoms with van der Waals surface area (Å²) >= 11 is 0. The van der Waals surface area contributed by atoms with Gasteiger partial charge in [-0.2, -0.15) is 13.2 Å². The lowest BCUT2D eigenvalue weighted by atomic mass is 9.92. The quantitative estimate of drug-likeness (QED) is 0.624. The number of hydrogen-bond acceptors (Lipinski definition) is 7. The van der Waals surface area contributed by atoms with Crippen molar-refractivity contribution in [2.75, 3.05) is 32.1 Å². The molecular weight excluding hydrogens is 413 g/mol. The highest BCUT2D eigenvalue weighted by atomic mass is 19.4. The number of likely N-dealkylation sites (tertiary alicyclic amines) is 1. The lowest BCUT2D eigenvalue weighted by molar-refractivity contribution is -0.136. The Morgan fingerprint density at radius 2 is 1.97 bits per heavy atom. The summed E-state index contributed by atoms with van der Waals surface area (Å²) in [6.07, 6.45) is -0.399. The van der Waals surface area contributed by atoms with Crippen molar-refractivity contribution >= 4 is 23.0 Å². The number of fused-ring (bicyclic) bond motifs is 1. The van der Waals surface area contributed by atoms with Crippen molar-refractivity contribution in [2.24, 2.45) is 0 Å². The van der Waals surface area contributed by atoms with Gasteiger partial charge in [-0.25, -0.2) is 15.0 Å². The minimum atomic E-state index is -4.57. The normalized spacial score (nSPS) is 17.2. The number of anilines is 1. The second-order valence-corrected chi connectivity index (χ2v) is 7.80. The molecule has 0 bridgehead atoms. The van der Waals surface area contributed by atoms with Crippen LogP contribution in [-0.4, -0.2) is 58.1 Å². The highest BCUT2D eigenvalue weighted by Gasteiger charge is 2.37. The molecule has 0 unspecified atom stereocenters. The highest BCUT2D eigenvalue weighted by molar-refractivity contribution is 5.93. The summed E-state index contributed by atoms with van der Waals surface area (Å²) in [5, 5.41) is 3.51. The number of aromatic nitrogens is 4. The van der Waals surface area contributed by atoms with Crippen LogP contribution in [0.2, 0.25) is 0 Å². The molecule has 1 atom stereocenters. The van der Waals surface area contributed by atoms with Crippen molar-refractivity contribution in [3.05, 3.63) is 41.0 Å². The standard InChI is InChI=1S/C20H21F3N6O2/c1-11-16-14(20(21,22)23)7-15(26-17(16)31-27-11)12-5-4-6-29(10-12)18(30)13-8-24-19(25-9-13)28(2)3/h7-9,12H,4-6,10H2,1-3H3/t12-/m0/s1. The minimum Gasteiger partial charge on any atom is -0.347 e. The first kappa shape index (κ1) is 21.0. The summed E-state index contributed by atoms with van der Waals surface area (Å²) < 4.78 is 46.0. The lowest BCUT2D eigenvalue weighted by Crippen LogP contribution is -2.39. The number of piperidine rings is 1. The van der Waals surface area contributed by atoms with Crippen molar-refractivity contribution in [3.8, 4) is 0 Å². The van der Waals surface area contributed by atoms with Crippen molar-refractivity contribution < 1.29 is 22.5 Å². The highest BCUT2D eigenvalue weighted by Crippen LogP contribution is 2.38. The van der Waals surface area contributed by atoms with Gasteiger partial charge in [0, 0.05) is 45.5 Å². The van der Waals surface area contributed by atoms with E-state index in [0.717, 1.165) is 6.07 Å². The second kappa shape index (κ2) is 7.78. The molecule has 1 aliphatic rings. The van der Waals surface area contributed by atoms with Crippen molar-refractivity contribution in [2.45, 2.75) is 31.9 Å². The molecule has 0 radical (unpaired) electrons. The van der Waals surface area contributed by atoms with Gasteiger partial charge in [0.05, 0.1) is 27.9 Å². The zero-order valence-electron chi connectivity index (χ0n) is 17.3. The fraction of sp³-hybridized carbons (Fsp3) is 0.450. The minimum absolute atomic E-state index is 0.127. The van der Waals surface area contributed by atoms with Crippen molar-refractivity contribution in [3.63, 3.8) is 0 Å². The molecule has 31 heavy (non-hydrogen) atoms. The van der Waals surface area contributed by atoms with Gasteiger partial charge in [0.25, 0.3) is 11.6 Å². The van der Waals surface area contributed by atoms with Crippen LogP contribution in [0.1, 0.15) is 46.1 Å². The number of rotatable bonds is 3. The molecule has 11 heteroatoms. The Kier molecular flexibility index (Phi) is 5.28. The van der Waals surface area contributed by atoms with E-state index in [-0.39, 0.29) is 40.9 Å². The third-order valence-electron chi connectivity index (χ3n) is 5.35. The monoisotopic (exact) mass is 434 g/mol. The van der Waals surface area contributed by atoms with Gasteiger partial charge in [-0.3, -0.25) is 4.79 Å². The maximum Gasteiger partial charge on any atom is 0.417 e. The number of halogens is 3. The molecule has 1 saturated heterocycles. The van der Waals surface area contributed by atoms with Gasteiger partial charge < -0.3 is 14.3 Å². The van der Waals surface area contributed by atoms with E-state index in [9.17, 15) is 18.0 Å². The summed E-state index contributed by atoms with van der Waals surface area (Å²) in [6, 6.07) is 1.06. The van der Waals surface area contributed by atoms with Crippen LogP contribution in [0.25, 0.3) is 11.1 Å². The van der Waals surface area contributed by atoms with Gasteiger partial charge >= 0.3 is 6.18 Å². The molecule has 4 heterocycles. The molecule has 164 valence electrons. The SMILES string of the molecule is Cc1noc2nc([C@H]3CCCN(C(=O)c4cnc(N(C)C)nc4)C3)cc(C(F)(F)F)c12. The van der Waals surface area contributed by atoms with Crippen molar-refractivity contribution in [1.29, 1.82) is 0 Å². The predicted molar refractivity (Wildman–Crippen MR) is 106 cm³/mol. The summed E-state index contributed by atoms with van der Waals surface area (Å²) in [7, 11) is 3.59. The van der Waals surface area contributed by atoms with Gasteiger partial charge in [-0.1, -0.05) is 5.16 Å². The van der Waals surface area contributed by atoms with Crippen LogP contribution in [0.4, 0.5) is 19.1 Å². The van der Waals surface area contributed by atoms with E-state index in [0.29, 0.717) is 30.9 Å². The summed E-state index contributed by atoms with van der Waals surface area (Å²) in [5.74, 6) is -0.134. The fourth-order valence-electron chi connectivity index (χ4n) is 3.79. The first-order valence-electron chi connectivity index (χ1n) is 9.78. The van der Waals surface area contributed by atoms with E-state index >= 15 is 0 Å². The molecule has 1 aliphatic heterocycles. The molecule has 0 aliphatic carbocycles. The Balaban J connectivity index is 1.61. The lowest BCUT2D eigenvalue weighted by Gasteiger charge is -2.32. The molecule has 0 N–H and O–H groups in total. The first-order valence-corrected chi connectivity index (χ1v) is 9.78. The van der Waals surface area contributed by atoms with Gasteiger partial charge in [-0.15, -0.1) is 0 Å². The smallest absolute Gasteiger partial charge is 0.347 e. The van der Waals surface area contributed by atoms with Gasteiger partial charge in [0.1, 0.15) is 0 Å². The third-order valence-corrected chi connectivity index (χ3v) is 5.35. The van der Waals surface area contributed by atoms with E-state index in [4.69, 9.17) is 4.52 Å². The van der Waals surface area contributed by atoms with E-state index in [1.54, 1.807) is 23.9 Å². The molecule has 1 amide bonds. The third kappa shape index (κ3) is 4.04. The largest absolute Gasteiger partial charge is 0.417 e. The number of hydrogen-bond donors (Lipinski definition) is 0. The Morgan fingerprint density at radius 3 is 2.61 bits per heavy atom. The van der Waals surface area contributed by atoms with Crippen LogP contribution in [-0.2, 0) is 6.18 Å². The number of nitrogens with zero attached hydrogens (tertiary/aromatic N) is 6. The van der Waals surface area contributed by atoms with Crippen LogP contribution >= 0.6 is 0 Å². The van der Waals surface area contributed by atoms with Crippen molar-refractivity contribution in [1.82, 2.24) is 25.0 Å². The van der Waals surface area contributed by atoms with Gasteiger partial charge in [0.2, 0.25) is 5.95 Å². The average Bonchev–Trinajstić information content (AvgIpc) is 3.12. The van der Waals surface area contributed by atoms with Gasteiger partial charge in [0.15, 0.2) is 0 Å². The molecule has 4 rings (SSSR count). The topological polar surface area (TPSA) is 88.2 Å². The predicted octanol–water partition coefficient (Wildman–Crippen LogP) is 3.43. The Hall–Kier alpha value is -3.24. The van der Waals surface area contributed by atoms with Crippen LogP contribution in [0, 0.1) is 6.92 Å². The fourth-order valence-corrected chi connectivity index (χ4v) is 3.79. The molecule has 0 spiro atoms. The molecule has 0 saturated carbocycles. The zero-order valence-corrected chi connectivity index (χ0v) is 17.3. The Bertz CT molecular complexity index is 1110. The number of aryl methyl sites for hydroxylation is 1. The van der Waals surface area contributed by atoms with E-state index in [2.05, 4.69) is 20.1 Å². The number of amides is 1. The Labute approximate surface area is 176 Å². The molecule has 0 aromatic carbocycles. The maximum atomic E-state index is 13.7. The average molecular weight is 434 g/mol. The summed E-state index contributed by atoms with van der Waals surface area (Å²) in [5.41, 5.74) is -0.243. The maximum absolute atomic E-state index is 13.7. The van der Waals surface area contributed by atoms with E-state index < -0.39 is 11.7 Å². The molecule has 8 nitrogen and oxygen atoms in total. The van der Waals surface area contributed by atoms with Crippen LogP contribution in [0.3, 0.4) is 0 Å². The van der Waals surface area contributed by atoms with E-state index in [1.165, 1.54) is 19.3 Å². The summed E-state index contributed by atoms with van der Waals surface area (Å²) in [6.45, 7) is 2.20. The Morgan fingerprint density at radius 1 is 1.26 bits per heavy atom. The second-order valence-electron chi connectivity index (χ2n) is 7.80. The van der Waals surface area contributed by atoms with Crippen LogP contribution in [0.5, 0.6) is 0 Å². The molecular formula is C20H21F3N6O2.